The maximum atomic E-state index is 8.34. The summed E-state index contributed by atoms with van der Waals surface area (Å²) in [7, 11) is 0. The predicted octanol–water partition coefficient (Wildman–Crippen LogP) is -3.27. The Hall–Kier alpha value is 0.828. The van der Waals surface area contributed by atoms with Gasteiger partial charge in [0.05, 0.1) is 25.4 Å². The molecule has 0 spiro atoms. The first kappa shape index (κ1) is 25.6. The van der Waals surface area contributed by atoms with Gasteiger partial charge in [0.1, 0.15) is 0 Å². The van der Waals surface area contributed by atoms with E-state index in [-0.39, 0.29) is 16.3 Å². The Bertz CT molecular complexity index is 119. The van der Waals surface area contributed by atoms with Crippen molar-refractivity contribution in [2.75, 3.05) is 26.4 Å². The first-order valence-electron chi connectivity index (χ1n) is 3.97. The Labute approximate surface area is 114 Å². The third-order valence-corrected chi connectivity index (χ3v) is 1.80. The van der Waals surface area contributed by atoms with Crippen molar-refractivity contribution in [1.82, 2.24) is 0 Å². The zero-order valence-electron chi connectivity index (χ0n) is 9.06. The van der Waals surface area contributed by atoms with E-state index in [1.54, 1.807) is 0 Å². The van der Waals surface area contributed by atoms with Crippen molar-refractivity contribution in [2.45, 2.75) is 17.8 Å². The van der Waals surface area contributed by atoms with Gasteiger partial charge in [-0.2, -0.15) is 0 Å². The van der Waals surface area contributed by atoms with E-state index in [2.05, 4.69) is 0 Å². The number of hydrogen-bond acceptors (Lipinski definition) is 5. The van der Waals surface area contributed by atoms with Crippen LogP contribution in [0.2, 0.25) is 0 Å². The number of alkyl halides is 1. The molecule has 7 nitrogen and oxygen atoms in total. The molecule has 16 heavy (non-hydrogen) atoms. The molecule has 0 heterocycles. The van der Waals surface area contributed by atoms with Crippen molar-refractivity contribution in [1.29, 1.82) is 0 Å². The first-order chi connectivity index (χ1) is 6.45. The molecule has 0 aliphatic rings. The van der Waals surface area contributed by atoms with Crippen LogP contribution in [-0.4, -0.2) is 87.1 Å². The van der Waals surface area contributed by atoms with Crippen molar-refractivity contribution >= 4 is 35.0 Å². The van der Waals surface area contributed by atoms with Crippen LogP contribution in [-0.2, 0) is 3.02 Å². The Morgan fingerprint density at radius 3 is 1.56 bits per heavy atom. The minimum absolute atomic E-state index is 0. The molecule has 0 bridgehead atoms. The third-order valence-electron chi connectivity index (χ3n) is 1.25. The molecule has 1 atom stereocenters. The second-order valence-corrected chi connectivity index (χ2v) is 4.40. The first-order valence-corrected chi connectivity index (χ1v) is 5.45. The smallest absolute Gasteiger partial charge is 0.0856 e. The molecule has 0 aromatic carbocycles. The van der Waals surface area contributed by atoms with E-state index in [0.29, 0.717) is 6.61 Å². The summed E-state index contributed by atoms with van der Waals surface area (Å²) in [6.45, 7) is 1.36. The molecule has 0 aliphatic carbocycles. The van der Waals surface area contributed by atoms with Crippen LogP contribution in [0.25, 0.3) is 0 Å². The van der Waals surface area contributed by atoms with Crippen LogP contribution < -0.4 is 5.73 Å². The largest absolute Gasteiger partial charge is 0.412 e. The molecule has 0 aromatic heterocycles. The Morgan fingerprint density at radius 1 is 1.25 bits per heavy atom. The quantitative estimate of drug-likeness (QED) is 0.294. The Morgan fingerprint density at radius 2 is 1.56 bits per heavy atom. The molecule has 0 aromatic rings. The summed E-state index contributed by atoms with van der Waals surface area (Å²) in [6, 6.07) is 0. The molecule has 0 saturated heterocycles. The van der Waals surface area contributed by atoms with Crippen LogP contribution in [0.5, 0.6) is 0 Å². The number of aliphatic hydroxyl groups is 3. The zero-order valence-corrected chi connectivity index (χ0v) is 12.4. The fraction of sp³-hybridized carbons (Fsp3) is 1.00. The van der Waals surface area contributed by atoms with Crippen molar-refractivity contribution in [2.24, 2.45) is 5.73 Å². The number of nitrogens with two attached hydrogens (primary N) is 1. The number of aliphatic hydroxyl groups excluding tert-OH is 3. The summed E-state index contributed by atoms with van der Waals surface area (Å²) >= 11 is 6.80. The Balaban J connectivity index is -0.0000000825. The molecule has 9 N–H and O–H groups in total. The molecule has 2 radical (unpaired) electrons. The van der Waals surface area contributed by atoms with Gasteiger partial charge in [0.25, 0.3) is 0 Å². The van der Waals surface area contributed by atoms with E-state index in [0.717, 1.165) is 0 Å². The zero-order chi connectivity index (χ0) is 11.6. The molecule has 0 rings (SSSR count). The van der Waals surface area contributed by atoms with Crippen LogP contribution in [0.1, 0.15) is 6.92 Å². The normalized spacial score (nSPS) is 11.4. The van der Waals surface area contributed by atoms with Gasteiger partial charge in [-0.3, -0.25) is 0 Å². The van der Waals surface area contributed by atoms with Crippen LogP contribution in [0.15, 0.2) is 0 Å². The average molecular weight is 372 g/mol. The van der Waals surface area contributed by atoms with E-state index in [9.17, 15) is 0 Å². The van der Waals surface area contributed by atoms with E-state index in [4.69, 9.17) is 35.7 Å². The maximum Gasteiger partial charge on any atom is 0.0856 e. The summed E-state index contributed by atoms with van der Waals surface area (Å²) in [5.41, 5.74) is 3.94. The monoisotopic (exact) mass is 371 g/mol. The minimum atomic E-state index is -1.21. The van der Waals surface area contributed by atoms with Crippen LogP contribution in [0, 0.1) is 0 Å². The average Bonchev–Trinajstić information content (AvgIpc) is 2.17. The van der Waals surface area contributed by atoms with Crippen molar-refractivity contribution in [3.8, 4) is 0 Å². The molecular formula is C7H21ClNO6Sb. The van der Waals surface area contributed by atoms with Gasteiger partial charge in [0.2, 0.25) is 0 Å². The van der Waals surface area contributed by atoms with E-state index >= 15 is 0 Å². The van der Waals surface area contributed by atoms with Gasteiger partial charge in [0, 0.05) is 0 Å². The van der Waals surface area contributed by atoms with Gasteiger partial charge >= 0.3 is 57.0 Å². The van der Waals surface area contributed by atoms with Crippen LogP contribution in [0.3, 0.4) is 0 Å². The van der Waals surface area contributed by atoms with Gasteiger partial charge in [-0.1, -0.05) is 0 Å². The maximum absolute atomic E-state index is 8.34. The molecule has 102 valence electrons. The van der Waals surface area contributed by atoms with Gasteiger partial charge in [-0.15, -0.1) is 0 Å². The fourth-order valence-corrected chi connectivity index (χ4v) is 1.22. The molecule has 0 amide bonds. The van der Waals surface area contributed by atoms with Gasteiger partial charge in [0.15, 0.2) is 0 Å². The Kier molecular flexibility index (Phi) is 25.3. The second kappa shape index (κ2) is 15.8. The van der Waals surface area contributed by atoms with Crippen molar-refractivity contribution < 1.29 is 29.3 Å². The number of hydrogen-bond donors (Lipinski definition) is 4. The number of rotatable bonds is 5. The molecule has 9 heteroatoms. The number of halogens is 1. The molecule has 0 aliphatic heterocycles. The fourth-order valence-electron chi connectivity index (χ4n) is 0.253. The molecular weight excluding hydrogens is 351 g/mol. The standard InChI is InChI=1S/C4H11NO3.C3H6ClO.2H2O.Sb/c5-4(1-6,2-7)3-8;1-3(4)2-5;;;/h6-8H,1-3,5H2;3H,2H2,1H3;2*1H2;/q;-1;;;+1. The predicted molar refractivity (Wildman–Crippen MR) is 62.4 cm³/mol. The van der Waals surface area contributed by atoms with E-state index in [1.165, 1.54) is 23.4 Å². The summed E-state index contributed by atoms with van der Waals surface area (Å²) in [5, 5.41) is 25.2. The van der Waals surface area contributed by atoms with Crippen LogP contribution in [0.4, 0.5) is 0 Å². The van der Waals surface area contributed by atoms with E-state index < -0.39 is 25.4 Å². The second-order valence-electron chi connectivity index (χ2n) is 2.91. The van der Waals surface area contributed by atoms with Gasteiger partial charge in [-0.25, -0.2) is 0 Å². The summed E-state index contributed by atoms with van der Waals surface area (Å²) in [5.74, 6) is 0. The summed E-state index contributed by atoms with van der Waals surface area (Å²) < 4.78 is 4.72. The van der Waals surface area contributed by atoms with Crippen LogP contribution >= 0.6 is 11.6 Å². The van der Waals surface area contributed by atoms with E-state index in [1.807, 2.05) is 6.92 Å². The SMILES string of the molecule is CC(Cl)C[O][Sb].NC(CO)(CO)CO.O.O. The molecule has 0 saturated carbocycles. The summed E-state index contributed by atoms with van der Waals surface area (Å²) in [6.07, 6.45) is 0. The van der Waals surface area contributed by atoms with Gasteiger partial charge < -0.3 is 32.0 Å². The molecule has 0 fully saturated rings. The van der Waals surface area contributed by atoms with Gasteiger partial charge in [-0.05, 0) is 0 Å². The minimum Gasteiger partial charge on any atom is -0.412 e. The summed E-state index contributed by atoms with van der Waals surface area (Å²) in [4.78, 5) is 0. The topological polar surface area (TPSA) is 159 Å². The van der Waals surface area contributed by atoms with Crippen molar-refractivity contribution in [3.05, 3.63) is 0 Å². The third kappa shape index (κ3) is 17.2. The van der Waals surface area contributed by atoms with Crippen molar-refractivity contribution in [3.63, 3.8) is 0 Å². The molecule has 1 unspecified atom stereocenters.